The number of thioether (sulfide) groups is 1. The third-order valence-electron chi connectivity index (χ3n) is 5.65. The number of amides is 2. The van der Waals surface area contributed by atoms with E-state index >= 15 is 0 Å². The summed E-state index contributed by atoms with van der Waals surface area (Å²) in [6.07, 6.45) is 7.07. The number of hydrogen-bond donors (Lipinski definition) is 0. The van der Waals surface area contributed by atoms with Gasteiger partial charge in [-0.1, -0.05) is 78.9 Å². The molecule has 0 radical (unpaired) electrons. The number of nitrogens with zero attached hydrogens (tertiary/aromatic N) is 2. The average Bonchev–Trinajstić information content (AvgIpc) is 3.06. The number of aryl methyl sites for hydroxylation is 1. The molecule has 1 saturated heterocycles. The van der Waals surface area contributed by atoms with Crippen LogP contribution in [0.5, 0.6) is 0 Å². The summed E-state index contributed by atoms with van der Waals surface area (Å²) in [5.74, 6) is 0.184. The maximum absolute atomic E-state index is 12.7. The summed E-state index contributed by atoms with van der Waals surface area (Å²) in [7, 11) is 0. The minimum absolute atomic E-state index is 0.0140. The van der Waals surface area contributed by atoms with Gasteiger partial charge in [-0.15, -0.1) is 0 Å². The van der Waals surface area contributed by atoms with Gasteiger partial charge in [0.2, 0.25) is 5.91 Å². The number of rotatable bonds is 7. The first-order valence-electron chi connectivity index (χ1n) is 10.8. The Hall–Kier alpha value is -2.44. The fourth-order valence-corrected chi connectivity index (χ4v) is 5.35. The lowest BCUT2D eigenvalue weighted by molar-refractivity contribution is -0.122. The van der Waals surface area contributed by atoms with Crippen molar-refractivity contribution in [3.63, 3.8) is 0 Å². The molecule has 0 spiro atoms. The van der Waals surface area contributed by atoms with Crippen LogP contribution in [-0.4, -0.2) is 34.1 Å². The van der Waals surface area contributed by atoms with Crippen LogP contribution >= 0.6 is 24.0 Å². The first-order chi connectivity index (χ1) is 15.1. The van der Waals surface area contributed by atoms with Gasteiger partial charge in [-0.2, -0.15) is 0 Å². The molecule has 0 saturated carbocycles. The maximum atomic E-state index is 12.7. The number of anilines is 1. The normalized spacial score (nSPS) is 17.4. The number of carbonyl (C=O) groups excluding carboxylic acids is 2. The third-order valence-corrected chi connectivity index (χ3v) is 7.03. The van der Waals surface area contributed by atoms with Gasteiger partial charge < -0.3 is 4.90 Å². The Labute approximate surface area is 193 Å². The highest BCUT2D eigenvalue weighted by atomic mass is 32.2. The Kier molecular flexibility index (Phi) is 7.20. The summed E-state index contributed by atoms with van der Waals surface area (Å²) in [4.78, 5) is 29.7. The van der Waals surface area contributed by atoms with Crippen LogP contribution in [0.4, 0.5) is 5.69 Å². The molecule has 2 aromatic rings. The van der Waals surface area contributed by atoms with Crippen LogP contribution in [0.2, 0.25) is 0 Å². The molecule has 31 heavy (non-hydrogen) atoms. The Morgan fingerprint density at radius 3 is 2.65 bits per heavy atom. The third kappa shape index (κ3) is 5.25. The minimum atomic E-state index is -0.0140. The van der Waals surface area contributed by atoms with Gasteiger partial charge in [-0.3, -0.25) is 14.5 Å². The molecule has 2 heterocycles. The lowest BCUT2D eigenvalue weighted by Gasteiger charge is -2.29. The zero-order valence-electron chi connectivity index (χ0n) is 17.5. The number of unbranched alkanes of at least 4 members (excludes halogenated alkanes) is 2. The van der Waals surface area contributed by atoms with Crippen LogP contribution in [0.1, 0.15) is 43.2 Å². The van der Waals surface area contributed by atoms with Crippen molar-refractivity contribution in [2.75, 3.05) is 18.0 Å². The largest absolute Gasteiger partial charge is 0.312 e. The van der Waals surface area contributed by atoms with Crippen LogP contribution in [-0.2, 0) is 16.0 Å². The first kappa shape index (κ1) is 21.8. The fourth-order valence-electron chi connectivity index (χ4n) is 4.04. The van der Waals surface area contributed by atoms with E-state index in [1.165, 1.54) is 17.3 Å². The molecule has 6 heteroatoms. The Morgan fingerprint density at radius 2 is 1.81 bits per heavy atom. The van der Waals surface area contributed by atoms with Gasteiger partial charge in [0.05, 0.1) is 4.91 Å². The topological polar surface area (TPSA) is 40.6 Å². The van der Waals surface area contributed by atoms with Gasteiger partial charge in [-0.25, -0.2) is 0 Å². The summed E-state index contributed by atoms with van der Waals surface area (Å²) in [6, 6.07) is 18.0. The zero-order valence-corrected chi connectivity index (χ0v) is 19.1. The van der Waals surface area contributed by atoms with Gasteiger partial charge in [0.25, 0.3) is 5.91 Å². The molecular weight excluding hydrogens is 424 g/mol. The van der Waals surface area contributed by atoms with Crippen molar-refractivity contribution < 1.29 is 9.59 Å². The van der Waals surface area contributed by atoms with E-state index in [9.17, 15) is 9.59 Å². The Morgan fingerprint density at radius 1 is 1.03 bits per heavy atom. The molecule has 160 valence electrons. The lowest BCUT2D eigenvalue weighted by atomic mass is 10.0. The molecule has 4 rings (SSSR count). The highest BCUT2D eigenvalue weighted by Gasteiger charge is 2.31. The lowest BCUT2D eigenvalue weighted by Crippen LogP contribution is -2.35. The highest BCUT2D eigenvalue weighted by Crippen LogP contribution is 2.33. The number of hydrogen-bond acceptors (Lipinski definition) is 4. The molecular formula is C25H26N2O2S2. The highest BCUT2D eigenvalue weighted by molar-refractivity contribution is 8.26. The predicted octanol–water partition coefficient (Wildman–Crippen LogP) is 5.43. The van der Waals surface area contributed by atoms with Crippen LogP contribution in [0, 0.1) is 0 Å². The zero-order chi connectivity index (χ0) is 21.6. The number of thiocarbonyl (C=S) groups is 1. The van der Waals surface area contributed by atoms with E-state index in [2.05, 4.69) is 6.07 Å². The van der Waals surface area contributed by atoms with Crippen LogP contribution in [0.25, 0.3) is 6.08 Å². The second kappa shape index (κ2) is 10.2. The van der Waals surface area contributed by atoms with E-state index in [-0.39, 0.29) is 11.8 Å². The average molecular weight is 451 g/mol. The number of para-hydroxylation sites is 1. The smallest absolute Gasteiger partial charge is 0.266 e. The van der Waals surface area contributed by atoms with Crippen molar-refractivity contribution in [3.05, 3.63) is 70.6 Å². The van der Waals surface area contributed by atoms with Crippen molar-refractivity contribution in [1.29, 1.82) is 0 Å². The quantitative estimate of drug-likeness (QED) is 0.320. The summed E-state index contributed by atoms with van der Waals surface area (Å²) in [6.45, 7) is 1.41. The number of carbonyl (C=O) groups is 2. The van der Waals surface area contributed by atoms with Gasteiger partial charge in [0.1, 0.15) is 4.32 Å². The Bertz CT molecular complexity index is 1000. The molecule has 0 atom stereocenters. The first-order valence-corrected chi connectivity index (χ1v) is 12.0. The molecule has 0 aromatic heterocycles. The second-order valence-corrected chi connectivity index (χ2v) is 9.51. The number of benzene rings is 2. The van der Waals surface area contributed by atoms with E-state index in [0.29, 0.717) is 22.2 Å². The van der Waals surface area contributed by atoms with Crippen LogP contribution < -0.4 is 4.90 Å². The van der Waals surface area contributed by atoms with Crippen LogP contribution in [0.15, 0.2) is 59.5 Å². The molecule has 0 aliphatic carbocycles. The molecule has 0 N–H and O–H groups in total. The van der Waals surface area contributed by atoms with Crippen molar-refractivity contribution in [2.24, 2.45) is 0 Å². The monoisotopic (exact) mass is 450 g/mol. The van der Waals surface area contributed by atoms with Crippen molar-refractivity contribution in [3.8, 4) is 0 Å². The number of fused-ring (bicyclic) bond motifs is 1. The van der Waals surface area contributed by atoms with E-state index in [0.717, 1.165) is 49.9 Å². The molecule has 2 aliphatic heterocycles. The van der Waals surface area contributed by atoms with E-state index in [4.69, 9.17) is 12.2 Å². The maximum Gasteiger partial charge on any atom is 0.266 e. The van der Waals surface area contributed by atoms with E-state index in [1.807, 2.05) is 59.5 Å². The van der Waals surface area contributed by atoms with Crippen molar-refractivity contribution in [2.45, 2.75) is 38.5 Å². The van der Waals surface area contributed by atoms with Gasteiger partial charge in [0, 0.05) is 25.2 Å². The summed E-state index contributed by atoms with van der Waals surface area (Å²) >= 11 is 6.79. The SMILES string of the molecule is O=C1C(=Cc2ccccc2)SC(=S)N1CCCCCC(=O)N1CCCc2ccccc21. The predicted molar refractivity (Wildman–Crippen MR) is 132 cm³/mol. The molecule has 2 amide bonds. The minimum Gasteiger partial charge on any atom is -0.312 e. The summed E-state index contributed by atoms with van der Waals surface area (Å²) < 4.78 is 0.619. The molecule has 0 unspecified atom stereocenters. The molecule has 4 nitrogen and oxygen atoms in total. The molecule has 2 aromatic carbocycles. The Balaban J connectivity index is 1.23. The van der Waals surface area contributed by atoms with E-state index < -0.39 is 0 Å². The van der Waals surface area contributed by atoms with Gasteiger partial charge in [-0.05, 0) is 49.0 Å². The summed E-state index contributed by atoms with van der Waals surface area (Å²) in [5.41, 5.74) is 3.34. The summed E-state index contributed by atoms with van der Waals surface area (Å²) in [5, 5.41) is 0. The van der Waals surface area contributed by atoms with E-state index in [1.54, 1.807) is 4.90 Å². The van der Waals surface area contributed by atoms with Gasteiger partial charge in [0.15, 0.2) is 0 Å². The molecule has 0 bridgehead atoms. The van der Waals surface area contributed by atoms with Crippen molar-refractivity contribution >= 4 is 51.9 Å². The van der Waals surface area contributed by atoms with Crippen molar-refractivity contribution in [1.82, 2.24) is 4.90 Å². The second-order valence-electron chi connectivity index (χ2n) is 7.83. The fraction of sp³-hybridized carbons (Fsp3) is 0.320. The van der Waals surface area contributed by atoms with Crippen LogP contribution in [0.3, 0.4) is 0 Å². The molecule has 1 fully saturated rings. The van der Waals surface area contributed by atoms with Gasteiger partial charge >= 0.3 is 0 Å². The molecule has 2 aliphatic rings. The standard InChI is InChI=1S/C25H26N2O2S2/c28-23(26-17-9-13-20-12-6-7-14-21(20)26)15-5-2-8-16-27-24(29)22(31-25(27)30)18-19-10-3-1-4-11-19/h1,3-4,6-7,10-12,14,18H,2,5,8-9,13,15-17H2.